The van der Waals surface area contributed by atoms with E-state index in [9.17, 15) is 4.79 Å². The number of carbonyl (C=O) groups excluding carboxylic acids is 1. The summed E-state index contributed by atoms with van der Waals surface area (Å²) in [5.41, 5.74) is 3.17. The molecule has 1 atom stereocenters. The number of likely N-dealkylation sites (tertiary alicyclic amines) is 2. The highest BCUT2D eigenvalue weighted by atomic mass is 16.2. The topological polar surface area (TPSA) is 38.8 Å². The standard InChI is InChI=1S/C20H32N4O/c1-16-18(8-7-9-19(16)22(2)3)21-20(25)24-13-10-17(15-24)14-23-11-5-4-6-12-23/h7-9,17H,4-6,10-15H2,1-3H3,(H,21,25). The molecule has 2 fully saturated rings. The number of nitrogens with one attached hydrogen (secondary N) is 1. The first-order valence-electron chi connectivity index (χ1n) is 9.60. The lowest BCUT2D eigenvalue weighted by atomic mass is 10.1. The van der Waals surface area contributed by atoms with Crippen molar-refractivity contribution in [3.05, 3.63) is 23.8 Å². The zero-order chi connectivity index (χ0) is 17.8. The van der Waals surface area contributed by atoms with Crippen LogP contribution in [0.1, 0.15) is 31.2 Å². The zero-order valence-electron chi connectivity index (χ0n) is 15.9. The molecule has 2 aliphatic rings. The van der Waals surface area contributed by atoms with Crippen molar-refractivity contribution in [1.29, 1.82) is 0 Å². The summed E-state index contributed by atoms with van der Waals surface area (Å²) in [6.07, 6.45) is 5.17. The number of urea groups is 1. The fourth-order valence-corrected chi connectivity index (χ4v) is 4.11. The molecule has 1 aromatic rings. The Hall–Kier alpha value is -1.75. The molecule has 1 aromatic carbocycles. The summed E-state index contributed by atoms with van der Waals surface area (Å²) in [6, 6.07) is 6.11. The Morgan fingerprint density at radius 3 is 2.68 bits per heavy atom. The number of piperidine rings is 1. The van der Waals surface area contributed by atoms with Crippen LogP contribution in [0.5, 0.6) is 0 Å². The van der Waals surface area contributed by atoms with Gasteiger partial charge in [0, 0.05) is 45.1 Å². The van der Waals surface area contributed by atoms with Crippen molar-refractivity contribution in [2.24, 2.45) is 5.92 Å². The number of anilines is 2. The van der Waals surface area contributed by atoms with Crippen molar-refractivity contribution in [2.45, 2.75) is 32.6 Å². The van der Waals surface area contributed by atoms with Crippen molar-refractivity contribution < 1.29 is 4.79 Å². The molecule has 1 unspecified atom stereocenters. The van der Waals surface area contributed by atoms with E-state index >= 15 is 0 Å². The fourth-order valence-electron chi connectivity index (χ4n) is 4.11. The lowest BCUT2D eigenvalue weighted by Crippen LogP contribution is -2.37. The van der Waals surface area contributed by atoms with Crippen LogP contribution in [0.3, 0.4) is 0 Å². The van der Waals surface area contributed by atoms with E-state index in [1.54, 1.807) is 0 Å². The van der Waals surface area contributed by atoms with E-state index in [1.807, 2.05) is 31.1 Å². The second-order valence-electron chi connectivity index (χ2n) is 7.74. The summed E-state index contributed by atoms with van der Waals surface area (Å²) in [5.74, 6) is 0.623. The van der Waals surface area contributed by atoms with Crippen LogP contribution >= 0.6 is 0 Å². The van der Waals surface area contributed by atoms with E-state index in [4.69, 9.17) is 0 Å². The average molecular weight is 345 g/mol. The summed E-state index contributed by atoms with van der Waals surface area (Å²) in [4.78, 5) is 19.3. The highest BCUT2D eigenvalue weighted by Crippen LogP contribution is 2.26. The Morgan fingerprint density at radius 1 is 1.20 bits per heavy atom. The minimum absolute atomic E-state index is 0.0418. The molecule has 2 aliphatic heterocycles. The number of hydrogen-bond acceptors (Lipinski definition) is 3. The van der Waals surface area contributed by atoms with Crippen LogP contribution in [0.25, 0.3) is 0 Å². The molecule has 0 bridgehead atoms. The summed E-state index contributed by atoms with van der Waals surface area (Å²) in [6.45, 7) is 7.44. The number of rotatable bonds is 4. The van der Waals surface area contributed by atoms with Crippen LogP contribution in [0.15, 0.2) is 18.2 Å². The van der Waals surface area contributed by atoms with Crippen LogP contribution in [0, 0.1) is 12.8 Å². The highest BCUT2D eigenvalue weighted by molar-refractivity contribution is 5.91. The van der Waals surface area contributed by atoms with Gasteiger partial charge in [0.15, 0.2) is 0 Å². The van der Waals surface area contributed by atoms with Gasteiger partial charge >= 0.3 is 6.03 Å². The Balaban J connectivity index is 1.55. The molecule has 2 saturated heterocycles. The molecule has 0 spiro atoms. The van der Waals surface area contributed by atoms with Gasteiger partial charge in [0.2, 0.25) is 0 Å². The lowest BCUT2D eigenvalue weighted by Gasteiger charge is -2.29. The van der Waals surface area contributed by atoms with Crippen LogP contribution < -0.4 is 10.2 Å². The fraction of sp³-hybridized carbons (Fsp3) is 0.650. The lowest BCUT2D eigenvalue weighted by molar-refractivity contribution is 0.192. The molecule has 1 N–H and O–H groups in total. The molecule has 3 rings (SSSR count). The first-order chi connectivity index (χ1) is 12.0. The minimum atomic E-state index is 0.0418. The van der Waals surface area contributed by atoms with Gasteiger partial charge in [-0.05, 0) is 62.9 Å². The molecule has 0 aromatic heterocycles. The third-order valence-corrected chi connectivity index (χ3v) is 5.57. The van der Waals surface area contributed by atoms with Crippen molar-refractivity contribution in [3.8, 4) is 0 Å². The molecule has 138 valence electrons. The van der Waals surface area contributed by atoms with Gasteiger partial charge in [0.25, 0.3) is 0 Å². The van der Waals surface area contributed by atoms with Gasteiger partial charge in [0.1, 0.15) is 0 Å². The third kappa shape index (κ3) is 4.46. The molecule has 0 saturated carbocycles. The predicted octanol–water partition coefficient (Wildman–Crippen LogP) is 3.40. The van der Waals surface area contributed by atoms with Crippen molar-refractivity contribution in [1.82, 2.24) is 9.80 Å². The van der Waals surface area contributed by atoms with Crippen LogP contribution in [-0.2, 0) is 0 Å². The maximum Gasteiger partial charge on any atom is 0.321 e. The maximum absolute atomic E-state index is 12.7. The molecule has 0 aliphatic carbocycles. The van der Waals surface area contributed by atoms with E-state index in [0.29, 0.717) is 5.92 Å². The number of benzene rings is 1. The first kappa shape index (κ1) is 18.1. The highest BCUT2D eigenvalue weighted by Gasteiger charge is 2.28. The SMILES string of the molecule is Cc1c(NC(=O)N2CCC(CN3CCCCC3)C2)cccc1N(C)C. The van der Waals surface area contributed by atoms with Gasteiger partial charge in [-0.15, -0.1) is 0 Å². The Morgan fingerprint density at radius 2 is 1.96 bits per heavy atom. The Labute approximate surface area is 152 Å². The van der Waals surface area contributed by atoms with Crippen molar-refractivity contribution in [2.75, 3.05) is 57.0 Å². The molecule has 5 nitrogen and oxygen atoms in total. The molecular formula is C20H32N4O. The predicted molar refractivity (Wildman–Crippen MR) is 104 cm³/mol. The zero-order valence-corrected chi connectivity index (χ0v) is 15.9. The van der Waals surface area contributed by atoms with Gasteiger partial charge in [-0.3, -0.25) is 0 Å². The van der Waals surface area contributed by atoms with Crippen LogP contribution in [0.4, 0.5) is 16.2 Å². The van der Waals surface area contributed by atoms with E-state index in [0.717, 1.165) is 43.0 Å². The Bertz CT molecular complexity index is 595. The van der Waals surface area contributed by atoms with E-state index < -0.39 is 0 Å². The normalized spacial score (nSPS) is 21.4. The summed E-state index contributed by atoms with van der Waals surface area (Å²) >= 11 is 0. The van der Waals surface area contributed by atoms with Gasteiger partial charge in [-0.25, -0.2) is 4.79 Å². The van der Waals surface area contributed by atoms with Crippen LogP contribution in [0.2, 0.25) is 0 Å². The van der Waals surface area contributed by atoms with Crippen molar-refractivity contribution in [3.63, 3.8) is 0 Å². The molecule has 2 amide bonds. The first-order valence-corrected chi connectivity index (χ1v) is 9.60. The van der Waals surface area contributed by atoms with Gasteiger partial charge in [-0.1, -0.05) is 12.5 Å². The average Bonchev–Trinajstić information content (AvgIpc) is 3.06. The number of amides is 2. The quantitative estimate of drug-likeness (QED) is 0.910. The van der Waals surface area contributed by atoms with Crippen molar-refractivity contribution >= 4 is 17.4 Å². The Kier molecular flexibility index (Phi) is 5.84. The van der Waals surface area contributed by atoms with Gasteiger partial charge in [-0.2, -0.15) is 0 Å². The monoisotopic (exact) mass is 344 g/mol. The molecule has 25 heavy (non-hydrogen) atoms. The van der Waals surface area contributed by atoms with E-state index in [2.05, 4.69) is 28.1 Å². The second kappa shape index (κ2) is 8.09. The number of nitrogens with zero attached hydrogens (tertiary/aromatic N) is 3. The number of hydrogen-bond donors (Lipinski definition) is 1. The minimum Gasteiger partial charge on any atom is -0.377 e. The van der Waals surface area contributed by atoms with E-state index in [1.165, 1.54) is 32.4 Å². The van der Waals surface area contributed by atoms with Crippen LogP contribution in [-0.4, -0.2) is 62.7 Å². The molecule has 5 heteroatoms. The second-order valence-corrected chi connectivity index (χ2v) is 7.74. The smallest absolute Gasteiger partial charge is 0.321 e. The van der Waals surface area contributed by atoms with Gasteiger partial charge < -0.3 is 20.0 Å². The molecule has 2 heterocycles. The summed E-state index contributed by atoms with van der Waals surface area (Å²) < 4.78 is 0. The molecular weight excluding hydrogens is 312 g/mol. The summed E-state index contributed by atoms with van der Waals surface area (Å²) in [5, 5.41) is 3.12. The summed E-state index contributed by atoms with van der Waals surface area (Å²) in [7, 11) is 4.05. The third-order valence-electron chi connectivity index (χ3n) is 5.57. The number of carbonyl (C=O) groups is 1. The van der Waals surface area contributed by atoms with Gasteiger partial charge in [0.05, 0.1) is 0 Å². The van der Waals surface area contributed by atoms with E-state index in [-0.39, 0.29) is 6.03 Å². The largest absolute Gasteiger partial charge is 0.377 e. The molecule has 0 radical (unpaired) electrons. The maximum atomic E-state index is 12.7.